The van der Waals surface area contributed by atoms with Gasteiger partial charge in [-0.1, -0.05) is 18.2 Å². The SMILES string of the molecule is CC(=O)Oc1ccc(C(=O)OCC2=C(C(=O)OC(C)(C)C)N3C(=O)C(NC(=O)COc4ccccc4)C3SC2)cc1OC(C)=O. The van der Waals surface area contributed by atoms with Gasteiger partial charge in [0, 0.05) is 25.2 Å². The largest absolute Gasteiger partial charge is 0.484 e. The summed E-state index contributed by atoms with van der Waals surface area (Å²) < 4.78 is 26.6. The smallest absolute Gasteiger partial charge is 0.355 e. The summed E-state index contributed by atoms with van der Waals surface area (Å²) >= 11 is 1.28. The molecule has 0 saturated carbocycles. The van der Waals surface area contributed by atoms with Gasteiger partial charge in [-0.15, -0.1) is 11.8 Å². The van der Waals surface area contributed by atoms with Crippen LogP contribution in [0.5, 0.6) is 17.2 Å². The van der Waals surface area contributed by atoms with Crippen molar-refractivity contribution in [2.24, 2.45) is 0 Å². The number of β-lactam (4-membered cyclic amide) rings is 1. The van der Waals surface area contributed by atoms with Gasteiger partial charge in [0.25, 0.3) is 11.8 Å². The number of esters is 4. The molecule has 2 aliphatic rings. The van der Waals surface area contributed by atoms with E-state index in [1.54, 1.807) is 45.0 Å². The van der Waals surface area contributed by atoms with E-state index in [1.807, 2.05) is 6.07 Å². The van der Waals surface area contributed by atoms with Crippen molar-refractivity contribution in [1.29, 1.82) is 0 Å². The fraction of sp³-hybridized carbons (Fsp3) is 0.355. The first kappa shape index (κ1) is 33.1. The van der Waals surface area contributed by atoms with E-state index in [2.05, 4.69) is 5.32 Å². The lowest BCUT2D eigenvalue weighted by Gasteiger charge is -2.49. The van der Waals surface area contributed by atoms with Crippen LogP contribution in [0.2, 0.25) is 0 Å². The Labute approximate surface area is 263 Å². The average Bonchev–Trinajstić information content (AvgIpc) is 2.97. The molecule has 13 nitrogen and oxygen atoms in total. The van der Waals surface area contributed by atoms with Crippen molar-refractivity contribution in [2.75, 3.05) is 19.0 Å². The number of carbonyl (C=O) groups is 6. The van der Waals surface area contributed by atoms with Crippen molar-refractivity contribution >= 4 is 47.5 Å². The Morgan fingerprint density at radius 2 is 1.60 bits per heavy atom. The highest BCUT2D eigenvalue weighted by molar-refractivity contribution is 8.00. The summed E-state index contributed by atoms with van der Waals surface area (Å²) in [6.07, 6.45) is 0. The molecule has 4 rings (SSSR count). The standard InChI is InChI=1S/C31H32N2O11S/c1-17(34)42-22-12-11-19(13-23(22)43-18(2)35)29(38)41-14-20-16-45-28-25(32-24(36)15-40-21-9-7-6-8-10-21)27(37)33(28)26(20)30(39)44-31(3,4)5/h6-13,25,28H,14-16H2,1-5H3,(H,32,36). The molecule has 1 N–H and O–H groups in total. The number of nitrogens with zero attached hydrogens (tertiary/aromatic N) is 1. The summed E-state index contributed by atoms with van der Waals surface area (Å²) in [5.74, 6) is -3.56. The molecule has 1 saturated heterocycles. The first-order valence-electron chi connectivity index (χ1n) is 13.8. The minimum atomic E-state index is -0.904. The molecule has 0 spiro atoms. The van der Waals surface area contributed by atoms with Crippen LogP contribution in [0.25, 0.3) is 0 Å². The Kier molecular flexibility index (Phi) is 10.2. The van der Waals surface area contributed by atoms with Gasteiger partial charge >= 0.3 is 23.9 Å². The monoisotopic (exact) mass is 640 g/mol. The molecule has 2 aromatic rings. The van der Waals surface area contributed by atoms with Crippen molar-refractivity contribution in [3.63, 3.8) is 0 Å². The van der Waals surface area contributed by atoms with Crippen LogP contribution in [-0.4, -0.2) is 76.6 Å². The molecule has 14 heteroatoms. The van der Waals surface area contributed by atoms with Crippen LogP contribution >= 0.6 is 11.8 Å². The highest BCUT2D eigenvalue weighted by Gasteiger charge is 2.54. The Morgan fingerprint density at radius 1 is 0.933 bits per heavy atom. The fourth-order valence-corrected chi connectivity index (χ4v) is 5.66. The summed E-state index contributed by atoms with van der Waals surface area (Å²) in [5.41, 5.74) is -0.660. The summed E-state index contributed by atoms with van der Waals surface area (Å²) in [7, 11) is 0. The number of fused-ring (bicyclic) bond motifs is 1. The van der Waals surface area contributed by atoms with E-state index in [1.165, 1.54) is 41.8 Å². The van der Waals surface area contributed by atoms with Gasteiger partial charge in [0.1, 0.15) is 35.1 Å². The normalized spacial score (nSPS) is 17.4. The maximum atomic E-state index is 13.3. The second-order valence-electron chi connectivity index (χ2n) is 10.9. The second-order valence-corrected chi connectivity index (χ2v) is 12.0. The van der Waals surface area contributed by atoms with Crippen molar-refractivity contribution < 1.29 is 52.5 Å². The lowest BCUT2D eigenvalue weighted by Crippen LogP contribution is -2.71. The summed E-state index contributed by atoms with van der Waals surface area (Å²) in [6.45, 7) is 6.67. The van der Waals surface area contributed by atoms with E-state index in [-0.39, 0.29) is 41.7 Å². The number of ether oxygens (including phenoxy) is 5. The Morgan fingerprint density at radius 3 is 2.24 bits per heavy atom. The molecule has 2 aliphatic heterocycles. The van der Waals surface area contributed by atoms with Crippen LogP contribution in [0.15, 0.2) is 59.8 Å². The van der Waals surface area contributed by atoms with E-state index in [9.17, 15) is 28.8 Å². The summed E-state index contributed by atoms with van der Waals surface area (Å²) in [5, 5.41) is 2.06. The number of para-hydroxylation sites is 1. The van der Waals surface area contributed by atoms with Gasteiger partial charge in [0.2, 0.25) is 0 Å². The van der Waals surface area contributed by atoms with Gasteiger partial charge in [0.15, 0.2) is 18.1 Å². The Hall–Kier alpha value is -4.85. The van der Waals surface area contributed by atoms with Gasteiger partial charge in [0.05, 0.1) is 5.56 Å². The quantitative estimate of drug-likeness (QED) is 0.230. The zero-order chi connectivity index (χ0) is 32.9. The van der Waals surface area contributed by atoms with Gasteiger partial charge in [-0.2, -0.15) is 0 Å². The molecule has 45 heavy (non-hydrogen) atoms. The molecule has 0 aliphatic carbocycles. The predicted octanol–water partition coefficient (Wildman–Crippen LogP) is 2.77. The van der Waals surface area contributed by atoms with Crippen molar-refractivity contribution in [3.8, 4) is 17.2 Å². The maximum Gasteiger partial charge on any atom is 0.355 e. The fourth-order valence-electron chi connectivity index (χ4n) is 4.33. The summed E-state index contributed by atoms with van der Waals surface area (Å²) in [6, 6.07) is 11.6. The van der Waals surface area contributed by atoms with Gasteiger partial charge in [-0.25, -0.2) is 9.59 Å². The van der Waals surface area contributed by atoms with Crippen LogP contribution in [-0.2, 0) is 33.4 Å². The number of rotatable bonds is 10. The number of benzene rings is 2. The number of hydrogen-bond donors (Lipinski definition) is 1. The first-order valence-corrected chi connectivity index (χ1v) is 14.8. The number of amides is 2. The molecule has 2 amide bonds. The van der Waals surface area contributed by atoms with Gasteiger partial charge in [-0.3, -0.25) is 24.1 Å². The van der Waals surface area contributed by atoms with Gasteiger partial charge in [-0.05, 0) is 51.1 Å². The van der Waals surface area contributed by atoms with Crippen molar-refractivity contribution in [2.45, 2.75) is 51.6 Å². The lowest BCUT2D eigenvalue weighted by molar-refractivity contribution is -0.159. The number of nitrogens with one attached hydrogen (secondary N) is 1. The number of carbonyl (C=O) groups excluding carboxylic acids is 6. The highest BCUT2D eigenvalue weighted by Crippen LogP contribution is 2.41. The van der Waals surface area contributed by atoms with Crippen LogP contribution in [0.1, 0.15) is 45.0 Å². The topological polar surface area (TPSA) is 164 Å². The molecule has 1 fully saturated rings. The first-order chi connectivity index (χ1) is 21.2. The molecule has 238 valence electrons. The van der Waals surface area contributed by atoms with Crippen LogP contribution < -0.4 is 19.5 Å². The highest BCUT2D eigenvalue weighted by atomic mass is 32.2. The minimum Gasteiger partial charge on any atom is -0.484 e. The molecule has 2 atom stereocenters. The third-order valence-corrected chi connectivity index (χ3v) is 7.47. The zero-order valence-electron chi connectivity index (χ0n) is 25.2. The van der Waals surface area contributed by atoms with E-state index in [0.29, 0.717) is 11.3 Å². The number of thioether (sulfide) groups is 1. The third-order valence-electron chi connectivity index (χ3n) is 6.13. The molecule has 2 aromatic carbocycles. The van der Waals surface area contributed by atoms with Crippen molar-refractivity contribution in [1.82, 2.24) is 10.2 Å². The van der Waals surface area contributed by atoms with E-state index < -0.39 is 52.7 Å². The lowest BCUT2D eigenvalue weighted by atomic mass is 10.0. The minimum absolute atomic E-state index is 0.0246. The molecular formula is C31H32N2O11S. The van der Waals surface area contributed by atoms with Gasteiger partial charge < -0.3 is 29.0 Å². The van der Waals surface area contributed by atoms with E-state index in [0.717, 1.165) is 6.92 Å². The maximum absolute atomic E-state index is 13.3. The zero-order valence-corrected chi connectivity index (χ0v) is 26.1. The average molecular weight is 641 g/mol. The van der Waals surface area contributed by atoms with Crippen LogP contribution in [0, 0.1) is 0 Å². The van der Waals surface area contributed by atoms with E-state index >= 15 is 0 Å². The third kappa shape index (κ3) is 8.41. The molecule has 2 unspecified atom stereocenters. The molecule has 0 bridgehead atoms. The molecule has 0 radical (unpaired) electrons. The summed E-state index contributed by atoms with van der Waals surface area (Å²) in [4.78, 5) is 76.3. The van der Waals surface area contributed by atoms with E-state index in [4.69, 9.17) is 23.7 Å². The van der Waals surface area contributed by atoms with Crippen LogP contribution in [0.3, 0.4) is 0 Å². The molecule has 0 aromatic heterocycles. The Bertz CT molecular complexity index is 1550. The molecular weight excluding hydrogens is 608 g/mol. The van der Waals surface area contributed by atoms with Crippen LogP contribution in [0.4, 0.5) is 0 Å². The predicted molar refractivity (Wildman–Crippen MR) is 159 cm³/mol. The number of hydrogen-bond acceptors (Lipinski definition) is 12. The van der Waals surface area contributed by atoms with Crippen molar-refractivity contribution in [3.05, 3.63) is 65.4 Å². The Balaban J connectivity index is 1.49. The second kappa shape index (κ2) is 13.8. The molecule has 2 heterocycles.